The summed E-state index contributed by atoms with van der Waals surface area (Å²) in [6.07, 6.45) is -0.0627. The molecule has 0 radical (unpaired) electrons. The number of benzene rings is 3. The first-order chi connectivity index (χ1) is 13.4. The quantitative estimate of drug-likeness (QED) is 0.621. The number of para-hydroxylation sites is 1. The molecule has 0 bridgehead atoms. The highest BCUT2D eigenvalue weighted by Gasteiger charge is 2.42. The number of nitrogens with zero attached hydrogens (tertiary/aromatic N) is 1. The maximum absolute atomic E-state index is 13.1. The second kappa shape index (κ2) is 7.38. The Hall–Kier alpha value is -2.69. The van der Waals surface area contributed by atoms with Gasteiger partial charge in [-0.05, 0) is 48.0 Å². The third-order valence-electron chi connectivity index (χ3n) is 5.10. The van der Waals surface area contributed by atoms with E-state index in [2.05, 4.69) is 4.90 Å². The summed E-state index contributed by atoms with van der Waals surface area (Å²) in [6, 6.07) is 20.6. The molecule has 0 aliphatic carbocycles. The van der Waals surface area contributed by atoms with Gasteiger partial charge in [0, 0.05) is 34.8 Å². The summed E-state index contributed by atoms with van der Waals surface area (Å²) in [5, 5.41) is 12.0. The van der Waals surface area contributed by atoms with Crippen LogP contribution in [0.15, 0.2) is 72.8 Å². The van der Waals surface area contributed by atoms with Gasteiger partial charge in [0.2, 0.25) is 0 Å². The van der Waals surface area contributed by atoms with Crippen molar-refractivity contribution in [2.24, 2.45) is 0 Å². The summed E-state index contributed by atoms with van der Waals surface area (Å²) in [5.41, 5.74) is 1.80. The van der Waals surface area contributed by atoms with Gasteiger partial charge in [0.15, 0.2) is 5.78 Å². The number of aliphatic hydroxyl groups is 1. The number of anilines is 1. The van der Waals surface area contributed by atoms with Crippen molar-refractivity contribution < 1.29 is 14.3 Å². The van der Waals surface area contributed by atoms with Crippen LogP contribution in [0.5, 0.6) is 0 Å². The Morgan fingerprint density at radius 2 is 1.71 bits per heavy atom. The molecule has 0 aromatic heterocycles. The van der Waals surface area contributed by atoms with Crippen LogP contribution in [0.4, 0.5) is 10.1 Å². The maximum Gasteiger partial charge on any atom is 0.166 e. The number of β-amino-alcohol motifs (C(OH)–C–C–N with tert-alkyl or cyclic N) is 1. The second-order valence-corrected chi connectivity index (χ2v) is 7.57. The van der Waals surface area contributed by atoms with Crippen molar-refractivity contribution in [2.45, 2.75) is 18.6 Å². The molecular weight excluding hydrogens is 377 g/mol. The van der Waals surface area contributed by atoms with Gasteiger partial charge in [-0.25, -0.2) is 4.39 Å². The topological polar surface area (TPSA) is 40.5 Å². The van der Waals surface area contributed by atoms with E-state index in [4.69, 9.17) is 11.6 Å². The lowest BCUT2D eigenvalue weighted by atomic mass is 9.89. The fourth-order valence-electron chi connectivity index (χ4n) is 3.73. The number of carbonyl (C=O) groups excluding carboxylic acids is 1. The van der Waals surface area contributed by atoms with Crippen LogP contribution in [0, 0.1) is 5.82 Å². The van der Waals surface area contributed by atoms with Gasteiger partial charge >= 0.3 is 0 Å². The fourth-order valence-corrected chi connectivity index (χ4v) is 3.86. The largest absolute Gasteiger partial charge is 0.383 e. The minimum atomic E-state index is -1.30. The average molecular weight is 396 g/mol. The first-order valence-electron chi connectivity index (χ1n) is 9.05. The molecule has 1 aliphatic heterocycles. The number of ketones is 1. The zero-order valence-corrected chi connectivity index (χ0v) is 15.9. The summed E-state index contributed by atoms with van der Waals surface area (Å²) in [7, 11) is 0. The minimum absolute atomic E-state index is 0.0627. The van der Waals surface area contributed by atoms with Gasteiger partial charge in [0.25, 0.3) is 0 Å². The van der Waals surface area contributed by atoms with E-state index in [1.54, 1.807) is 0 Å². The van der Waals surface area contributed by atoms with Crippen LogP contribution in [0.1, 0.15) is 27.9 Å². The molecule has 5 heteroatoms. The first kappa shape index (κ1) is 18.7. The Labute approximate surface area is 168 Å². The van der Waals surface area contributed by atoms with Crippen LogP contribution < -0.4 is 4.90 Å². The highest BCUT2D eigenvalue weighted by atomic mass is 35.5. The van der Waals surface area contributed by atoms with Gasteiger partial charge in [-0.3, -0.25) is 4.79 Å². The van der Waals surface area contributed by atoms with Crippen LogP contribution in [-0.2, 0) is 12.1 Å². The third kappa shape index (κ3) is 3.66. The molecule has 0 saturated heterocycles. The van der Waals surface area contributed by atoms with Crippen molar-refractivity contribution in [3.63, 3.8) is 0 Å². The van der Waals surface area contributed by atoms with Crippen molar-refractivity contribution in [3.05, 3.63) is 100 Å². The van der Waals surface area contributed by atoms with E-state index in [0.29, 0.717) is 23.7 Å². The van der Waals surface area contributed by atoms with Crippen LogP contribution in [-0.4, -0.2) is 17.4 Å². The second-order valence-electron chi connectivity index (χ2n) is 7.14. The number of fused-ring (bicyclic) bond motifs is 1. The normalized spacial score (nSPS) is 18.2. The molecule has 3 aromatic carbocycles. The Morgan fingerprint density at radius 3 is 2.43 bits per heavy atom. The van der Waals surface area contributed by atoms with E-state index in [1.807, 2.05) is 48.5 Å². The maximum atomic E-state index is 13.1. The van der Waals surface area contributed by atoms with Crippen molar-refractivity contribution >= 4 is 23.1 Å². The Bertz CT molecular complexity index is 1000. The lowest BCUT2D eigenvalue weighted by Crippen LogP contribution is -2.35. The monoisotopic (exact) mass is 395 g/mol. The number of hydrogen-bond donors (Lipinski definition) is 1. The van der Waals surface area contributed by atoms with Crippen LogP contribution in [0.25, 0.3) is 0 Å². The smallest absolute Gasteiger partial charge is 0.166 e. The summed E-state index contributed by atoms with van der Waals surface area (Å²) in [5.74, 6) is -0.610. The van der Waals surface area contributed by atoms with Crippen molar-refractivity contribution in [3.8, 4) is 0 Å². The Morgan fingerprint density at radius 1 is 1.04 bits per heavy atom. The Balaban J connectivity index is 1.59. The highest BCUT2D eigenvalue weighted by molar-refractivity contribution is 6.30. The molecule has 0 fully saturated rings. The van der Waals surface area contributed by atoms with Gasteiger partial charge in [-0.15, -0.1) is 0 Å². The molecule has 1 atom stereocenters. The van der Waals surface area contributed by atoms with E-state index in [-0.39, 0.29) is 12.2 Å². The van der Waals surface area contributed by atoms with Crippen LogP contribution in [0.3, 0.4) is 0 Å². The van der Waals surface area contributed by atoms with Crippen molar-refractivity contribution in [2.75, 3.05) is 11.4 Å². The van der Waals surface area contributed by atoms with E-state index >= 15 is 0 Å². The standard InChI is InChI=1S/C23H19ClFNO2/c24-18-9-5-16(6-10-18)14-26-15-23(28,20-3-1-2-4-21(20)26)13-22(27)17-7-11-19(25)12-8-17/h1-12,28H,13-15H2. The molecule has 1 aliphatic rings. The third-order valence-corrected chi connectivity index (χ3v) is 5.36. The number of carbonyl (C=O) groups is 1. The number of halogens is 2. The number of Topliss-reactive ketones (excluding diaryl/α,β-unsaturated/α-hetero) is 1. The van der Waals surface area contributed by atoms with E-state index in [0.717, 1.165) is 16.8 Å². The van der Waals surface area contributed by atoms with E-state index in [1.165, 1.54) is 24.3 Å². The molecule has 0 amide bonds. The highest BCUT2D eigenvalue weighted by Crippen LogP contribution is 2.42. The van der Waals surface area contributed by atoms with Gasteiger partial charge < -0.3 is 10.0 Å². The lowest BCUT2D eigenvalue weighted by Gasteiger charge is -2.25. The average Bonchev–Trinajstić information content (AvgIpc) is 2.96. The van der Waals surface area contributed by atoms with Crippen molar-refractivity contribution in [1.29, 1.82) is 0 Å². The molecule has 28 heavy (non-hydrogen) atoms. The fraction of sp³-hybridized carbons (Fsp3) is 0.174. The molecule has 4 rings (SSSR count). The molecule has 1 heterocycles. The van der Waals surface area contributed by atoms with Crippen LogP contribution in [0.2, 0.25) is 5.02 Å². The lowest BCUT2D eigenvalue weighted by molar-refractivity contribution is 0.0404. The number of rotatable bonds is 5. The summed E-state index contributed by atoms with van der Waals surface area (Å²) in [6.45, 7) is 0.906. The van der Waals surface area contributed by atoms with Gasteiger partial charge in [-0.2, -0.15) is 0 Å². The number of hydrogen-bond acceptors (Lipinski definition) is 3. The zero-order valence-electron chi connectivity index (χ0n) is 15.1. The molecular formula is C23H19ClFNO2. The molecule has 0 spiro atoms. The molecule has 1 unspecified atom stereocenters. The molecule has 1 N–H and O–H groups in total. The predicted molar refractivity (Wildman–Crippen MR) is 108 cm³/mol. The van der Waals surface area contributed by atoms with E-state index < -0.39 is 11.4 Å². The van der Waals surface area contributed by atoms with Gasteiger partial charge in [0.1, 0.15) is 11.4 Å². The van der Waals surface area contributed by atoms with Gasteiger partial charge in [0.05, 0.1) is 6.54 Å². The minimum Gasteiger partial charge on any atom is -0.383 e. The van der Waals surface area contributed by atoms with Gasteiger partial charge in [-0.1, -0.05) is 41.9 Å². The molecule has 3 aromatic rings. The Kier molecular flexibility index (Phi) is 4.92. The summed E-state index contributed by atoms with van der Waals surface area (Å²) < 4.78 is 13.1. The van der Waals surface area contributed by atoms with Crippen molar-refractivity contribution in [1.82, 2.24) is 0 Å². The van der Waals surface area contributed by atoms with Crippen LogP contribution >= 0.6 is 11.6 Å². The first-order valence-corrected chi connectivity index (χ1v) is 9.42. The predicted octanol–water partition coefficient (Wildman–Crippen LogP) is 4.96. The van der Waals surface area contributed by atoms with E-state index in [9.17, 15) is 14.3 Å². The molecule has 142 valence electrons. The summed E-state index contributed by atoms with van der Waals surface area (Å²) >= 11 is 5.97. The molecule has 3 nitrogen and oxygen atoms in total. The zero-order chi connectivity index (χ0) is 19.7. The summed E-state index contributed by atoms with van der Waals surface area (Å²) in [4.78, 5) is 14.8. The SMILES string of the molecule is O=C(CC1(O)CN(Cc2ccc(Cl)cc2)c2ccccc21)c1ccc(F)cc1. The molecule has 0 saturated carbocycles.